The number of rotatable bonds is 1. The molecule has 0 aromatic carbocycles. The molecule has 0 saturated carbocycles. The Balaban J connectivity index is 2.70. The number of pyridine rings is 1. The highest BCUT2D eigenvalue weighted by Gasteiger charge is 2.33. The number of primary amides is 1. The van der Waals surface area contributed by atoms with Crippen LogP contribution in [0.2, 0.25) is 0 Å². The van der Waals surface area contributed by atoms with Gasteiger partial charge in [-0.3, -0.25) is 9.78 Å². The summed E-state index contributed by atoms with van der Waals surface area (Å²) in [6.07, 6.45) is -2.51. The van der Waals surface area contributed by atoms with Gasteiger partial charge in [0.2, 0.25) is 0 Å². The number of nitrogens with two attached hydrogens (primary N) is 1. The van der Waals surface area contributed by atoms with Crippen LogP contribution >= 0.6 is 0 Å². The van der Waals surface area contributed by atoms with Crippen molar-refractivity contribution in [2.75, 3.05) is 0 Å². The Labute approximate surface area is 86.7 Å². The summed E-state index contributed by atoms with van der Waals surface area (Å²) < 4.78 is 37.2. The molecule has 0 unspecified atom stereocenters. The van der Waals surface area contributed by atoms with Gasteiger partial charge in [0.1, 0.15) is 5.69 Å². The molecular formula is C8H5F3N4O. The molecule has 0 atom stereocenters. The van der Waals surface area contributed by atoms with E-state index in [2.05, 4.69) is 10.1 Å². The van der Waals surface area contributed by atoms with E-state index in [9.17, 15) is 18.0 Å². The normalized spacial score (nSPS) is 11.9. The lowest BCUT2D eigenvalue weighted by Crippen LogP contribution is -2.18. The van der Waals surface area contributed by atoms with E-state index in [0.29, 0.717) is 0 Å². The van der Waals surface area contributed by atoms with Crippen LogP contribution in [0.4, 0.5) is 13.2 Å². The summed E-state index contributed by atoms with van der Waals surface area (Å²) in [6, 6.07) is 0.957. The molecule has 0 spiro atoms. The van der Waals surface area contributed by atoms with Crippen LogP contribution in [0.15, 0.2) is 18.5 Å². The number of hydrogen-bond acceptors (Lipinski definition) is 3. The smallest absolute Gasteiger partial charge is 0.364 e. The number of amides is 1. The monoisotopic (exact) mass is 230 g/mol. The number of hydrogen-bond donors (Lipinski definition) is 1. The molecule has 5 nitrogen and oxygen atoms in total. The molecule has 16 heavy (non-hydrogen) atoms. The molecule has 2 aromatic rings. The molecule has 0 fully saturated rings. The second kappa shape index (κ2) is 3.19. The van der Waals surface area contributed by atoms with Crippen LogP contribution in [-0.2, 0) is 6.30 Å². The minimum absolute atomic E-state index is 0.142. The number of alkyl halides is 3. The van der Waals surface area contributed by atoms with E-state index in [1.165, 1.54) is 0 Å². The predicted molar refractivity (Wildman–Crippen MR) is 47.3 cm³/mol. The highest BCUT2D eigenvalue weighted by Crippen LogP contribution is 2.26. The van der Waals surface area contributed by atoms with Gasteiger partial charge in [0.15, 0.2) is 0 Å². The lowest BCUT2D eigenvalue weighted by molar-refractivity contribution is -0.209. The maximum Gasteiger partial charge on any atom is 0.505 e. The van der Waals surface area contributed by atoms with Crippen molar-refractivity contribution in [3.63, 3.8) is 0 Å². The first kappa shape index (κ1) is 10.4. The molecule has 2 N–H and O–H groups in total. The Bertz CT molecular complexity index is 560. The molecule has 0 bridgehead atoms. The van der Waals surface area contributed by atoms with Crippen molar-refractivity contribution in [2.45, 2.75) is 6.30 Å². The fourth-order valence-electron chi connectivity index (χ4n) is 1.26. The van der Waals surface area contributed by atoms with Crippen LogP contribution in [0, 0.1) is 0 Å². The van der Waals surface area contributed by atoms with E-state index in [1.54, 1.807) is 0 Å². The standard InChI is InChI=1S/C8H5F3N4O/c9-8(10,11)15-6-1-5(7(12)16)13-2-4(6)3-14-15/h1-3H,(H2,12,16). The number of carbonyl (C=O) groups is 1. The van der Waals surface area contributed by atoms with Crippen LogP contribution in [0.5, 0.6) is 0 Å². The minimum atomic E-state index is -4.64. The lowest BCUT2D eigenvalue weighted by atomic mass is 10.3. The summed E-state index contributed by atoms with van der Waals surface area (Å²) in [5.74, 6) is -0.892. The largest absolute Gasteiger partial charge is 0.505 e. The summed E-state index contributed by atoms with van der Waals surface area (Å²) in [6.45, 7) is 0. The Morgan fingerprint density at radius 1 is 1.38 bits per heavy atom. The molecular weight excluding hydrogens is 225 g/mol. The fourth-order valence-corrected chi connectivity index (χ4v) is 1.26. The van der Waals surface area contributed by atoms with Crippen LogP contribution in [0.1, 0.15) is 10.5 Å². The number of aromatic nitrogens is 3. The van der Waals surface area contributed by atoms with Gasteiger partial charge < -0.3 is 5.73 Å². The van der Waals surface area contributed by atoms with E-state index in [1.807, 2.05) is 0 Å². The molecule has 0 radical (unpaired) electrons. The van der Waals surface area contributed by atoms with Crippen LogP contribution < -0.4 is 5.73 Å². The van der Waals surface area contributed by atoms with Crippen molar-refractivity contribution in [2.24, 2.45) is 5.73 Å². The summed E-state index contributed by atoms with van der Waals surface area (Å²) >= 11 is 0. The van der Waals surface area contributed by atoms with Gasteiger partial charge in [-0.25, -0.2) is 0 Å². The zero-order valence-electron chi connectivity index (χ0n) is 7.69. The van der Waals surface area contributed by atoms with E-state index < -0.39 is 12.2 Å². The van der Waals surface area contributed by atoms with Crippen LogP contribution in [-0.4, -0.2) is 20.7 Å². The predicted octanol–water partition coefficient (Wildman–Crippen LogP) is 1.01. The van der Waals surface area contributed by atoms with Crippen molar-refractivity contribution in [3.05, 3.63) is 24.2 Å². The third kappa shape index (κ3) is 1.58. The Morgan fingerprint density at radius 3 is 2.62 bits per heavy atom. The zero-order chi connectivity index (χ0) is 11.9. The highest BCUT2D eigenvalue weighted by atomic mass is 19.4. The molecule has 2 rings (SSSR count). The van der Waals surface area contributed by atoms with E-state index in [0.717, 1.165) is 18.5 Å². The second-order valence-corrected chi connectivity index (χ2v) is 3.02. The Kier molecular flexibility index (Phi) is 2.07. The first-order valence-electron chi connectivity index (χ1n) is 4.10. The number of nitrogens with zero attached hydrogens (tertiary/aromatic N) is 3. The van der Waals surface area contributed by atoms with Crippen molar-refractivity contribution >= 4 is 16.8 Å². The molecule has 2 aromatic heterocycles. The first-order valence-corrected chi connectivity index (χ1v) is 4.10. The van der Waals surface area contributed by atoms with Crippen LogP contribution in [0.25, 0.3) is 10.9 Å². The van der Waals surface area contributed by atoms with Gasteiger partial charge in [0.05, 0.1) is 11.7 Å². The highest BCUT2D eigenvalue weighted by molar-refractivity contribution is 5.94. The summed E-state index contributed by atoms with van der Waals surface area (Å²) in [5.41, 5.74) is 4.43. The Morgan fingerprint density at radius 2 is 2.06 bits per heavy atom. The molecule has 0 aliphatic heterocycles. The topological polar surface area (TPSA) is 73.8 Å². The van der Waals surface area contributed by atoms with Gasteiger partial charge in [0, 0.05) is 11.6 Å². The number of fused-ring (bicyclic) bond motifs is 1. The average Bonchev–Trinajstić information content (AvgIpc) is 2.58. The summed E-state index contributed by atoms with van der Waals surface area (Å²) in [7, 11) is 0. The molecule has 0 aliphatic carbocycles. The Hall–Kier alpha value is -2.12. The summed E-state index contributed by atoms with van der Waals surface area (Å²) in [4.78, 5) is 14.4. The first-order chi connectivity index (χ1) is 7.39. The van der Waals surface area contributed by atoms with E-state index >= 15 is 0 Å². The summed E-state index contributed by atoms with van der Waals surface area (Å²) in [5, 5.41) is 3.35. The fraction of sp³-hybridized carbons (Fsp3) is 0.125. The van der Waals surface area contributed by atoms with Gasteiger partial charge in [-0.15, -0.1) is 13.2 Å². The van der Waals surface area contributed by atoms with Crippen molar-refractivity contribution < 1.29 is 18.0 Å². The van der Waals surface area contributed by atoms with Crippen molar-refractivity contribution in [1.29, 1.82) is 0 Å². The number of halogens is 3. The number of carbonyl (C=O) groups excluding carboxylic acids is 1. The third-order valence-corrected chi connectivity index (χ3v) is 1.95. The van der Waals surface area contributed by atoms with Crippen molar-refractivity contribution in [3.8, 4) is 0 Å². The quantitative estimate of drug-likeness (QED) is 0.794. The maximum atomic E-state index is 12.4. The second-order valence-electron chi connectivity index (χ2n) is 3.02. The maximum absolute atomic E-state index is 12.4. The molecule has 0 aliphatic rings. The SMILES string of the molecule is NC(=O)c1cc2c(cn1)cnn2C(F)(F)F. The lowest BCUT2D eigenvalue weighted by Gasteiger charge is -2.07. The molecule has 2 heterocycles. The third-order valence-electron chi connectivity index (χ3n) is 1.95. The van der Waals surface area contributed by atoms with E-state index in [4.69, 9.17) is 5.73 Å². The minimum Gasteiger partial charge on any atom is -0.364 e. The van der Waals surface area contributed by atoms with Gasteiger partial charge >= 0.3 is 6.30 Å². The molecule has 0 saturated heterocycles. The molecule has 1 amide bonds. The van der Waals surface area contributed by atoms with Gasteiger partial charge in [-0.05, 0) is 6.07 Å². The zero-order valence-corrected chi connectivity index (χ0v) is 7.69. The average molecular weight is 230 g/mol. The molecule has 8 heteroatoms. The van der Waals surface area contributed by atoms with Gasteiger partial charge in [-0.2, -0.15) is 9.78 Å². The van der Waals surface area contributed by atoms with Gasteiger partial charge in [-0.1, -0.05) is 0 Å². The van der Waals surface area contributed by atoms with Gasteiger partial charge in [0.25, 0.3) is 5.91 Å². The van der Waals surface area contributed by atoms with Crippen LogP contribution in [0.3, 0.4) is 0 Å². The van der Waals surface area contributed by atoms with E-state index in [-0.39, 0.29) is 21.3 Å². The molecule has 84 valence electrons. The van der Waals surface area contributed by atoms with Crippen molar-refractivity contribution in [1.82, 2.24) is 14.8 Å².